The van der Waals surface area contributed by atoms with E-state index in [2.05, 4.69) is 27.7 Å². The van der Waals surface area contributed by atoms with Crippen molar-refractivity contribution < 1.29 is 14.4 Å². The van der Waals surface area contributed by atoms with Gasteiger partial charge in [0.15, 0.2) is 0 Å². The molecule has 2 atom stereocenters. The Hall–Kier alpha value is -1.05. The summed E-state index contributed by atoms with van der Waals surface area (Å²) >= 11 is 0. The summed E-state index contributed by atoms with van der Waals surface area (Å²) in [5.74, 6) is 3.60. The minimum absolute atomic E-state index is 0.262. The van der Waals surface area contributed by atoms with Gasteiger partial charge in [0.05, 0.1) is 22.0 Å². The third-order valence-corrected chi connectivity index (χ3v) is 4.72. The predicted octanol–water partition coefficient (Wildman–Crippen LogP) is 3.68. The first-order valence-corrected chi connectivity index (χ1v) is 8.78. The fourth-order valence-corrected chi connectivity index (χ4v) is 4.01. The Morgan fingerprint density at radius 3 is 2.14 bits per heavy atom. The van der Waals surface area contributed by atoms with Crippen LogP contribution in [0.25, 0.3) is 0 Å². The van der Waals surface area contributed by atoms with Crippen LogP contribution in [0.1, 0.15) is 39.7 Å². The van der Waals surface area contributed by atoms with Crippen LogP contribution in [0.4, 0.5) is 0 Å². The van der Waals surface area contributed by atoms with Crippen LogP contribution in [0, 0.1) is 11.3 Å². The Bertz CT molecular complexity index is 467. The van der Waals surface area contributed by atoms with Crippen molar-refractivity contribution in [3.05, 3.63) is 23.8 Å². The van der Waals surface area contributed by atoms with Crippen LogP contribution in [0.15, 0.2) is 18.2 Å². The van der Waals surface area contributed by atoms with Crippen LogP contribution in [0.2, 0.25) is 0 Å². The van der Waals surface area contributed by atoms with E-state index in [1.165, 1.54) is 0 Å². The largest absolute Gasteiger partial charge is 0.630 e. The average molecular weight is 310 g/mol. The third kappa shape index (κ3) is 6.07. The van der Waals surface area contributed by atoms with Crippen LogP contribution in [-0.2, 0) is 0 Å². The summed E-state index contributed by atoms with van der Waals surface area (Å²) in [6, 6.07) is 5.58. The molecule has 0 amide bonds. The van der Waals surface area contributed by atoms with Crippen LogP contribution >= 0.6 is 7.77 Å². The van der Waals surface area contributed by atoms with Crippen molar-refractivity contribution in [3.8, 4) is 11.5 Å². The highest BCUT2D eigenvalue weighted by molar-refractivity contribution is 7.50. The van der Waals surface area contributed by atoms with Crippen molar-refractivity contribution in [1.82, 2.24) is 0 Å². The standard InChI is InChI=1S/C17H27O3P/c1-13(10-17(2,3)4)11-21(18)12-14-15(19-5)8-7-9-16(14)20-6/h7-9,12-13H,10-11H2,1-6H3. The lowest BCUT2D eigenvalue weighted by Gasteiger charge is -2.21. The van der Waals surface area contributed by atoms with Crippen LogP contribution in [0.3, 0.4) is 0 Å². The molecule has 0 bridgehead atoms. The maximum atomic E-state index is 12.4. The van der Waals surface area contributed by atoms with Gasteiger partial charge in [0.1, 0.15) is 29.0 Å². The minimum atomic E-state index is -1.43. The zero-order chi connectivity index (χ0) is 16.0. The molecule has 0 saturated heterocycles. The molecule has 0 N–H and O–H groups in total. The van der Waals surface area contributed by atoms with Crippen LogP contribution < -0.4 is 14.4 Å². The first-order valence-electron chi connectivity index (χ1n) is 7.26. The maximum absolute atomic E-state index is 12.4. The molecule has 0 saturated carbocycles. The first kappa shape index (κ1) is 18.0. The molecule has 0 fully saturated rings. The molecule has 0 aromatic heterocycles. The number of hydrogen-bond donors (Lipinski definition) is 0. The second kappa shape index (κ2) is 7.82. The smallest absolute Gasteiger partial charge is 0.133 e. The highest BCUT2D eigenvalue weighted by Gasteiger charge is 2.18. The summed E-state index contributed by atoms with van der Waals surface area (Å²) in [6.45, 7) is 8.79. The van der Waals surface area contributed by atoms with E-state index >= 15 is 0 Å². The first-order chi connectivity index (χ1) is 9.76. The van der Waals surface area contributed by atoms with E-state index in [1.54, 1.807) is 20.0 Å². The molecule has 0 aliphatic heterocycles. The van der Waals surface area contributed by atoms with Gasteiger partial charge >= 0.3 is 0 Å². The van der Waals surface area contributed by atoms with Crippen molar-refractivity contribution in [2.75, 3.05) is 20.4 Å². The van der Waals surface area contributed by atoms with Gasteiger partial charge in [-0.3, -0.25) is 0 Å². The van der Waals surface area contributed by atoms with Crippen molar-refractivity contribution in [2.24, 2.45) is 11.3 Å². The van der Waals surface area contributed by atoms with Crippen LogP contribution in [0.5, 0.6) is 11.5 Å². The summed E-state index contributed by atoms with van der Waals surface area (Å²) < 4.78 is 10.7. The molecule has 0 aliphatic carbocycles. The summed E-state index contributed by atoms with van der Waals surface area (Å²) in [4.78, 5) is 12.4. The summed E-state index contributed by atoms with van der Waals surface area (Å²) in [5, 5.41) is 0. The lowest BCUT2D eigenvalue weighted by Crippen LogP contribution is -2.14. The second-order valence-corrected chi connectivity index (χ2v) is 8.13. The van der Waals surface area contributed by atoms with Gasteiger partial charge in [0.25, 0.3) is 0 Å². The number of ether oxygens (including phenoxy) is 2. The Morgan fingerprint density at radius 2 is 1.71 bits per heavy atom. The topological polar surface area (TPSA) is 41.5 Å². The minimum Gasteiger partial charge on any atom is -0.630 e. The molecule has 1 aromatic rings. The van der Waals surface area contributed by atoms with Crippen LogP contribution in [-0.4, -0.2) is 26.2 Å². The van der Waals surface area contributed by atoms with Crippen molar-refractivity contribution in [1.29, 1.82) is 0 Å². The second-order valence-electron chi connectivity index (χ2n) is 6.67. The lowest BCUT2D eigenvalue weighted by molar-refractivity contribution is -0.153. The molecular weight excluding hydrogens is 283 g/mol. The number of rotatable bonds is 6. The van der Waals surface area contributed by atoms with E-state index < -0.39 is 7.77 Å². The third-order valence-electron chi connectivity index (χ3n) is 3.19. The molecule has 3 nitrogen and oxygen atoms in total. The zero-order valence-corrected chi connectivity index (χ0v) is 14.9. The Morgan fingerprint density at radius 1 is 1.19 bits per heavy atom. The Labute approximate surface area is 129 Å². The highest BCUT2D eigenvalue weighted by Crippen LogP contribution is 2.32. The highest BCUT2D eigenvalue weighted by atomic mass is 31.1. The molecule has 1 rings (SSSR count). The van der Waals surface area contributed by atoms with E-state index in [9.17, 15) is 4.89 Å². The van der Waals surface area contributed by atoms with Gasteiger partial charge in [-0.25, -0.2) is 0 Å². The van der Waals surface area contributed by atoms with Gasteiger partial charge in [0.2, 0.25) is 0 Å². The maximum Gasteiger partial charge on any atom is 0.133 e. The number of methoxy groups -OCH3 is 2. The molecule has 0 spiro atoms. The molecule has 21 heavy (non-hydrogen) atoms. The fraction of sp³-hybridized carbons (Fsp3) is 0.588. The molecule has 118 valence electrons. The molecule has 0 radical (unpaired) electrons. The van der Waals surface area contributed by atoms with Gasteiger partial charge in [-0.2, -0.15) is 0 Å². The lowest BCUT2D eigenvalue weighted by atomic mass is 9.86. The molecular formula is C17H27O3P. The SMILES string of the molecule is COc1cccc(OC)c1C=[P+]([O-])CC(C)CC(C)(C)C. The van der Waals surface area contributed by atoms with Crippen molar-refractivity contribution >= 4 is 13.6 Å². The van der Waals surface area contributed by atoms with Gasteiger partial charge in [-0.05, 0) is 29.9 Å². The molecule has 0 aliphatic rings. The predicted molar refractivity (Wildman–Crippen MR) is 89.7 cm³/mol. The number of hydrogen-bond acceptors (Lipinski definition) is 3. The van der Waals surface area contributed by atoms with E-state index in [1.807, 2.05) is 18.2 Å². The molecule has 1 aromatic carbocycles. The van der Waals surface area contributed by atoms with Gasteiger partial charge < -0.3 is 14.4 Å². The molecule has 2 unspecified atom stereocenters. The van der Waals surface area contributed by atoms with Crippen molar-refractivity contribution in [2.45, 2.75) is 34.1 Å². The summed E-state index contributed by atoms with van der Waals surface area (Å²) in [7, 11) is 1.80. The van der Waals surface area contributed by atoms with Crippen molar-refractivity contribution in [3.63, 3.8) is 0 Å². The summed E-state index contributed by atoms with van der Waals surface area (Å²) in [6.07, 6.45) is 1.75. The Kier molecular flexibility index (Phi) is 6.70. The quantitative estimate of drug-likeness (QED) is 0.753. The van der Waals surface area contributed by atoms with Gasteiger partial charge in [0, 0.05) is 0 Å². The number of benzene rings is 1. The van der Waals surface area contributed by atoms with E-state index in [-0.39, 0.29) is 5.41 Å². The summed E-state index contributed by atoms with van der Waals surface area (Å²) in [5.41, 5.74) is 1.05. The average Bonchev–Trinajstić information content (AvgIpc) is 2.36. The van der Waals surface area contributed by atoms with E-state index in [0.717, 1.165) is 12.0 Å². The van der Waals surface area contributed by atoms with E-state index in [0.29, 0.717) is 23.6 Å². The normalized spacial score (nSPS) is 14.0. The molecule has 4 heteroatoms. The zero-order valence-electron chi connectivity index (χ0n) is 14.0. The Balaban J connectivity index is 2.92. The fourth-order valence-electron chi connectivity index (χ4n) is 2.62. The molecule has 0 heterocycles. The van der Waals surface area contributed by atoms with Gasteiger partial charge in [-0.15, -0.1) is 0 Å². The monoisotopic (exact) mass is 310 g/mol. The van der Waals surface area contributed by atoms with E-state index in [4.69, 9.17) is 9.47 Å². The van der Waals surface area contributed by atoms with Gasteiger partial charge in [-0.1, -0.05) is 33.8 Å².